The smallest absolute Gasteiger partial charge is 0.263 e. The molecule has 3 aromatic carbocycles. The van der Waals surface area contributed by atoms with E-state index < -0.39 is 0 Å². The lowest BCUT2D eigenvalue weighted by molar-refractivity contribution is 0.573. The van der Waals surface area contributed by atoms with Gasteiger partial charge in [-0.2, -0.15) is 0 Å². The fourth-order valence-corrected chi connectivity index (χ4v) is 4.78. The predicted molar refractivity (Wildman–Crippen MR) is 132 cm³/mol. The highest BCUT2D eigenvalue weighted by Crippen LogP contribution is 2.26. The van der Waals surface area contributed by atoms with Crippen molar-refractivity contribution < 1.29 is 4.42 Å². The maximum Gasteiger partial charge on any atom is 0.263 e. The Hall–Kier alpha value is -4.17. The molecular weight excluding hydrogens is 446 g/mol. The summed E-state index contributed by atoms with van der Waals surface area (Å²) in [5, 5.41) is 10.1. The van der Waals surface area contributed by atoms with Crippen LogP contribution in [-0.2, 0) is 12.3 Å². The van der Waals surface area contributed by atoms with Crippen LogP contribution < -0.4 is 5.56 Å². The normalized spacial score (nSPS) is 11.4. The van der Waals surface area contributed by atoms with Crippen molar-refractivity contribution in [3.05, 3.63) is 113 Å². The Balaban J connectivity index is 1.38. The Bertz CT molecular complexity index is 1660. The minimum Gasteiger partial charge on any atom is -0.444 e. The van der Waals surface area contributed by atoms with Crippen LogP contribution in [0.2, 0.25) is 0 Å². The molecule has 0 saturated heterocycles. The molecule has 7 nitrogen and oxygen atoms in total. The van der Waals surface area contributed by atoms with E-state index in [-0.39, 0.29) is 5.56 Å². The molecule has 3 aromatic heterocycles. The van der Waals surface area contributed by atoms with E-state index in [1.54, 1.807) is 10.8 Å². The average molecular weight is 466 g/mol. The maximum absolute atomic E-state index is 13.3. The molecule has 0 atom stereocenters. The Morgan fingerprint density at radius 2 is 1.59 bits per heavy atom. The summed E-state index contributed by atoms with van der Waals surface area (Å²) in [6.07, 6.45) is 1.67. The Labute approximate surface area is 198 Å². The summed E-state index contributed by atoms with van der Waals surface area (Å²) < 4.78 is 9.29. The third-order valence-electron chi connectivity index (χ3n) is 5.58. The maximum atomic E-state index is 13.3. The van der Waals surface area contributed by atoms with Gasteiger partial charge in [-0.3, -0.25) is 13.8 Å². The Kier molecular flexibility index (Phi) is 5.20. The SMILES string of the molecule is O=c1c2ccccc2n2c(SCc3coc(-c4ccccc4)n3)nnc2n1Cc1ccccc1. The van der Waals surface area contributed by atoms with Crippen molar-refractivity contribution >= 4 is 28.4 Å². The molecular formula is C26H19N5O2S. The van der Waals surface area contributed by atoms with Gasteiger partial charge in [0.15, 0.2) is 5.16 Å². The van der Waals surface area contributed by atoms with Crippen molar-refractivity contribution in [1.29, 1.82) is 0 Å². The van der Waals surface area contributed by atoms with Crippen LogP contribution in [0.5, 0.6) is 0 Å². The number of rotatable bonds is 6. The lowest BCUT2D eigenvalue weighted by atomic mass is 10.2. The van der Waals surface area contributed by atoms with Gasteiger partial charge in [0.05, 0.1) is 23.1 Å². The summed E-state index contributed by atoms with van der Waals surface area (Å²) >= 11 is 1.51. The highest BCUT2D eigenvalue weighted by Gasteiger charge is 2.17. The van der Waals surface area contributed by atoms with Crippen LogP contribution >= 0.6 is 11.8 Å². The molecule has 6 rings (SSSR count). The molecule has 0 bridgehead atoms. The third kappa shape index (κ3) is 3.68. The number of hydrogen-bond acceptors (Lipinski definition) is 6. The van der Waals surface area contributed by atoms with Crippen LogP contribution in [0, 0.1) is 0 Å². The molecule has 0 unspecified atom stereocenters. The van der Waals surface area contributed by atoms with Crippen molar-refractivity contribution in [3.8, 4) is 11.5 Å². The number of fused-ring (bicyclic) bond motifs is 3. The first-order valence-electron chi connectivity index (χ1n) is 10.8. The molecule has 0 fully saturated rings. The van der Waals surface area contributed by atoms with E-state index in [0.717, 1.165) is 22.3 Å². The molecule has 0 amide bonds. The molecule has 8 heteroatoms. The zero-order chi connectivity index (χ0) is 22.9. The number of benzene rings is 3. The summed E-state index contributed by atoms with van der Waals surface area (Å²) in [5.74, 6) is 1.66. The Morgan fingerprint density at radius 1 is 0.853 bits per heavy atom. The lowest BCUT2D eigenvalue weighted by Crippen LogP contribution is -2.24. The standard InChI is InChI=1S/C26H19N5O2S/c32-24-21-13-7-8-14-22(21)31-25(30(24)15-18-9-3-1-4-10-18)28-29-26(31)34-17-20-16-33-23(27-20)19-11-5-2-6-12-19/h1-14,16H,15,17H2. The second-order valence-electron chi connectivity index (χ2n) is 7.81. The van der Waals surface area contributed by atoms with Crippen molar-refractivity contribution in [3.63, 3.8) is 0 Å². The molecule has 0 spiro atoms. The molecule has 0 aliphatic heterocycles. The molecule has 0 aliphatic rings. The third-order valence-corrected chi connectivity index (χ3v) is 6.55. The van der Waals surface area contributed by atoms with E-state index in [9.17, 15) is 4.79 Å². The van der Waals surface area contributed by atoms with Gasteiger partial charge in [-0.15, -0.1) is 10.2 Å². The van der Waals surface area contributed by atoms with Gasteiger partial charge < -0.3 is 4.42 Å². The topological polar surface area (TPSA) is 78.2 Å². The zero-order valence-corrected chi connectivity index (χ0v) is 18.9. The molecule has 6 aromatic rings. The van der Waals surface area contributed by atoms with Gasteiger partial charge in [0, 0.05) is 11.3 Å². The largest absolute Gasteiger partial charge is 0.444 e. The lowest BCUT2D eigenvalue weighted by Gasteiger charge is -2.11. The van der Waals surface area contributed by atoms with E-state index in [4.69, 9.17) is 4.42 Å². The van der Waals surface area contributed by atoms with Gasteiger partial charge in [0.25, 0.3) is 5.56 Å². The van der Waals surface area contributed by atoms with Crippen molar-refractivity contribution in [2.75, 3.05) is 0 Å². The monoisotopic (exact) mass is 465 g/mol. The number of hydrogen-bond donors (Lipinski definition) is 0. The quantitative estimate of drug-likeness (QED) is 0.321. The van der Waals surface area contributed by atoms with Crippen molar-refractivity contribution in [1.82, 2.24) is 24.1 Å². The van der Waals surface area contributed by atoms with Crippen LogP contribution in [0.4, 0.5) is 0 Å². The molecule has 0 radical (unpaired) electrons. The molecule has 166 valence electrons. The number of aromatic nitrogens is 5. The number of para-hydroxylation sites is 1. The van der Waals surface area contributed by atoms with E-state index in [1.807, 2.05) is 89.3 Å². The first-order valence-corrected chi connectivity index (χ1v) is 11.8. The minimum atomic E-state index is -0.0834. The van der Waals surface area contributed by atoms with Crippen molar-refractivity contribution in [2.45, 2.75) is 17.5 Å². The second-order valence-corrected chi connectivity index (χ2v) is 8.75. The van der Waals surface area contributed by atoms with Crippen LogP contribution in [0.25, 0.3) is 28.1 Å². The number of nitrogens with zero attached hydrogens (tertiary/aromatic N) is 5. The van der Waals surface area contributed by atoms with Gasteiger partial charge >= 0.3 is 0 Å². The van der Waals surface area contributed by atoms with Crippen LogP contribution in [0.3, 0.4) is 0 Å². The summed E-state index contributed by atoms with van der Waals surface area (Å²) in [5.41, 5.74) is 3.46. The molecule has 34 heavy (non-hydrogen) atoms. The first kappa shape index (κ1) is 20.4. The molecule has 3 heterocycles. The van der Waals surface area contributed by atoms with Gasteiger partial charge in [0.1, 0.15) is 6.26 Å². The average Bonchev–Trinajstić information content (AvgIpc) is 3.54. The molecule has 0 N–H and O–H groups in total. The second kappa shape index (κ2) is 8.64. The van der Waals surface area contributed by atoms with E-state index >= 15 is 0 Å². The Morgan fingerprint density at radius 3 is 2.41 bits per heavy atom. The van der Waals surface area contributed by atoms with Gasteiger partial charge in [-0.05, 0) is 29.8 Å². The summed E-state index contributed by atoms with van der Waals surface area (Å²) in [6.45, 7) is 0.417. The van der Waals surface area contributed by atoms with Crippen LogP contribution in [-0.4, -0.2) is 24.1 Å². The summed E-state index contributed by atoms with van der Waals surface area (Å²) in [7, 11) is 0. The van der Waals surface area contributed by atoms with Gasteiger partial charge in [0.2, 0.25) is 11.7 Å². The van der Waals surface area contributed by atoms with Gasteiger partial charge in [-0.25, -0.2) is 4.98 Å². The van der Waals surface area contributed by atoms with Crippen LogP contribution in [0.15, 0.2) is 106 Å². The van der Waals surface area contributed by atoms with E-state index in [0.29, 0.717) is 34.5 Å². The summed E-state index contributed by atoms with van der Waals surface area (Å²) in [4.78, 5) is 17.9. The fourth-order valence-electron chi connectivity index (χ4n) is 3.96. The zero-order valence-electron chi connectivity index (χ0n) is 18.0. The van der Waals surface area contributed by atoms with E-state index in [1.165, 1.54) is 11.8 Å². The van der Waals surface area contributed by atoms with Crippen LogP contribution in [0.1, 0.15) is 11.3 Å². The highest BCUT2D eigenvalue weighted by molar-refractivity contribution is 7.98. The minimum absolute atomic E-state index is 0.0834. The number of oxazole rings is 1. The predicted octanol–water partition coefficient (Wildman–Crippen LogP) is 5.04. The highest BCUT2D eigenvalue weighted by atomic mass is 32.2. The van der Waals surface area contributed by atoms with E-state index in [2.05, 4.69) is 15.2 Å². The fraction of sp³-hybridized carbons (Fsp3) is 0.0769. The first-order chi connectivity index (χ1) is 16.8. The summed E-state index contributed by atoms with van der Waals surface area (Å²) in [6, 6.07) is 27.2. The number of thioether (sulfide) groups is 1. The van der Waals surface area contributed by atoms with Gasteiger partial charge in [-0.1, -0.05) is 72.4 Å². The molecule has 0 aliphatic carbocycles. The van der Waals surface area contributed by atoms with Crippen molar-refractivity contribution in [2.24, 2.45) is 0 Å². The molecule has 0 saturated carbocycles.